The van der Waals surface area contributed by atoms with E-state index in [1.54, 1.807) is 0 Å². The Bertz CT molecular complexity index is 990. The number of aryl methyl sites for hydroxylation is 2. The van der Waals surface area contributed by atoms with Crippen molar-refractivity contribution in [3.63, 3.8) is 0 Å². The van der Waals surface area contributed by atoms with Crippen molar-refractivity contribution in [2.45, 2.75) is 34.1 Å². The molecule has 0 bridgehead atoms. The van der Waals surface area contributed by atoms with Crippen molar-refractivity contribution in [1.82, 2.24) is 0 Å². The zero-order valence-electron chi connectivity index (χ0n) is 18.2. The second-order valence-corrected chi connectivity index (χ2v) is 7.48. The van der Waals surface area contributed by atoms with E-state index >= 15 is 0 Å². The smallest absolute Gasteiger partial charge is 0.00915 e. The molecule has 0 fully saturated rings. The topological polar surface area (TPSA) is 0 Å². The Morgan fingerprint density at radius 2 is 1.66 bits per heavy atom. The summed E-state index contributed by atoms with van der Waals surface area (Å²) in [6, 6.07) is 15.3. The molecule has 0 unspecified atom stereocenters. The van der Waals surface area contributed by atoms with E-state index in [0.717, 1.165) is 12.0 Å². The lowest BCUT2D eigenvalue weighted by Crippen LogP contribution is -1.89. The van der Waals surface area contributed by atoms with Gasteiger partial charge in [-0.25, -0.2) is 0 Å². The maximum absolute atomic E-state index is 3.89. The summed E-state index contributed by atoms with van der Waals surface area (Å²) in [6.07, 6.45) is 15.4. The van der Waals surface area contributed by atoms with Gasteiger partial charge >= 0.3 is 0 Å². The maximum atomic E-state index is 3.89. The minimum atomic E-state index is 0.870. The number of hydrogen-bond donors (Lipinski definition) is 0. The summed E-state index contributed by atoms with van der Waals surface area (Å²) in [6.45, 7) is 16.2. The van der Waals surface area contributed by atoms with Crippen LogP contribution in [0.4, 0.5) is 0 Å². The normalized spacial score (nSPS) is 12.7. The zero-order chi connectivity index (χ0) is 21.2. The second-order valence-electron chi connectivity index (χ2n) is 7.48. The first-order valence-corrected chi connectivity index (χ1v) is 10.1. The van der Waals surface area contributed by atoms with Crippen molar-refractivity contribution >= 4 is 6.08 Å². The van der Waals surface area contributed by atoms with Gasteiger partial charge in [0.15, 0.2) is 0 Å². The molecule has 0 aliphatic rings. The Morgan fingerprint density at radius 3 is 2.31 bits per heavy atom. The predicted molar refractivity (Wildman–Crippen MR) is 131 cm³/mol. The largest absolute Gasteiger partial charge is 0.0991 e. The zero-order valence-corrected chi connectivity index (χ0v) is 18.2. The van der Waals surface area contributed by atoms with E-state index in [0.29, 0.717) is 0 Å². The molecule has 0 saturated carbocycles. The van der Waals surface area contributed by atoms with E-state index in [9.17, 15) is 0 Å². The van der Waals surface area contributed by atoms with Crippen LogP contribution >= 0.6 is 0 Å². The third kappa shape index (κ3) is 6.76. The Labute approximate surface area is 177 Å². The Kier molecular flexibility index (Phi) is 8.43. The highest BCUT2D eigenvalue weighted by Crippen LogP contribution is 2.28. The summed E-state index contributed by atoms with van der Waals surface area (Å²) >= 11 is 0. The Morgan fingerprint density at radius 1 is 0.931 bits per heavy atom. The molecule has 0 N–H and O–H groups in total. The van der Waals surface area contributed by atoms with Gasteiger partial charge in [0.05, 0.1) is 0 Å². The molecule has 0 amide bonds. The van der Waals surface area contributed by atoms with E-state index in [-0.39, 0.29) is 0 Å². The molecule has 0 atom stereocenters. The van der Waals surface area contributed by atoms with E-state index in [1.165, 1.54) is 39.0 Å². The fourth-order valence-electron chi connectivity index (χ4n) is 3.27. The molecule has 2 aromatic carbocycles. The molecule has 0 radical (unpaired) electrons. The highest BCUT2D eigenvalue weighted by Gasteiger charge is 2.06. The minimum absolute atomic E-state index is 0.870. The van der Waals surface area contributed by atoms with Crippen LogP contribution in [0.25, 0.3) is 17.2 Å². The van der Waals surface area contributed by atoms with Crippen LogP contribution in [0.2, 0.25) is 0 Å². The van der Waals surface area contributed by atoms with Crippen LogP contribution in [0.15, 0.2) is 109 Å². The first kappa shape index (κ1) is 22.2. The summed E-state index contributed by atoms with van der Waals surface area (Å²) < 4.78 is 0. The Hall–Kier alpha value is -3.12. The van der Waals surface area contributed by atoms with Crippen LogP contribution in [0.5, 0.6) is 0 Å². The predicted octanol–water partition coefficient (Wildman–Crippen LogP) is 8.56. The average Bonchev–Trinajstić information content (AvgIpc) is 2.67. The third-order valence-electron chi connectivity index (χ3n) is 4.87. The van der Waals surface area contributed by atoms with Crippen molar-refractivity contribution < 1.29 is 0 Å². The van der Waals surface area contributed by atoms with E-state index < -0.39 is 0 Å². The van der Waals surface area contributed by atoms with Crippen molar-refractivity contribution in [2.24, 2.45) is 0 Å². The highest BCUT2D eigenvalue weighted by atomic mass is 14.1. The summed E-state index contributed by atoms with van der Waals surface area (Å²) in [4.78, 5) is 0. The lowest BCUT2D eigenvalue weighted by atomic mass is 9.94. The molecule has 2 aromatic rings. The Balaban J connectivity index is 2.33. The number of allylic oxidation sites excluding steroid dienone is 9. The molecule has 0 aliphatic heterocycles. The van der Waals surface area contributed by atoms with Gasteiger partial charge in [0.1, 0.15) is 0 Å². The monoisotopic (exact) mass is 380 g/mol. The summed E-state index contributed by atoms with van der Waals surface area (Å²) in [5.41, 5.74) is 9.98. The van der Waals surface area contributed by atoms with Crippen LogP contribution in [-0.2, 0) is 0 Å². The molecule has 0 heteroatoms. The minimum Gasteiger partial charge on any atom is -0.0991 e. The standard InChI is InChI=1S/C29H32/c1-7-13-23(4)27(16-10-8-9-14-22(2)3)21-26-18-19-29(25(6)20-26)28-17-12-11-15-24(28)5/h7-15,17-21H,1-2,16H2,3-6H3/b10-8-,14-9-,23-13-,27-21-. The van der Waals surface area contributed by atoms with E-state index in [2.05, 4.69) is 101 Å². The van der Waals surface area contributed by atoms with Crippen molar-refractivity contribution in [3.05, 3.63) is 125 Å². The van der Waals surface area contributed by atoms with E-state index in [4.69, 9.17) is 0 Å². The highest BCUT2D eigenvalue weighted by molar-refractivity contribution is 5.73. The fraction of sp³-hybridized carbons (Fsp3) is 0.172. The van der Waals surface area contributed by atoms with Gasteiger partial charge in [-0.15, -0.1) is 0 Å². The average molecular weight is 381 g/mol. The molecule has 0 spiro atoms. The molecule has 0 saturated heterocycles. The van der Waals surface area contributed by atoms with Crippen molar-refractivity contribution in [3.8, 4) is 11.1 Å². The molecule has 0 heterocycles. The molecular weight excluding hydrogens is 348 g/mol. The maximum Gasteiger partial charge on any atom is -0.00915 e. The van der Waals surface area contributed by atoms with Crippen molar-refractivity contribution in [1.29, 1.82) is 0 Å². The van der Waals surface area contributed by atoms with Crippen molar-refractivity contribution in [2.75, 3.05) is 0 Å². The quantitative estimate of drug-likeness (QED) is 0.402. The summed E-state index contributed by atoms with van der Waals surface area (Å²) in [5, 5.41) is 0. The van der Waals surface area contributed by atoms with Crippen LogP contribution in [0.1, 0.15) is 37.0 Å². The molecule has 0 aliphatic carbocycles. The van der Waals surface area contributed by atoms with Gasteiger partial charge in [-0.2, -0.15) is 0 Å². The van der Waals surface area contributed by atoms with Gasteiger partial charge in [0, 0.05) is 0 Å². The third-order valence-corrected chi connectivity index (χ3v) is 4.87. The molecule has 148 valence electrons. The van der Waals surface area contributed by atoms with Crippen LogP contribution in [0.3, 0.4) is 0 Å². The SMILES string of the molecule is C=C/C=C(C)\C(=C/c1ccc(-c2ccccc2C)c(C)c1)C/C=C\C=C/C(=C)C. The molecular formula is C29H32. The number of rotatable bonds is 8. The molecule has 2 rings (SSSR count). The number of benzene rings is 2. The summed E-state index contributed by atoms with van der Waals surface area (Å²) in [7, 11) is 0. The van der Waals surface area contributed by atoms with Gasteiger partial charge in [0.2, 0.25) is 0 Å². The lowest BCUT2D eigenvalue weighted by Gasteiger charge is -2.11. The van der Waals surface area contributed by atoms with Crippen LogP contribution in [0, 0.1) is 13.8 Å². The van der Waals surface area contributed by atoms with Gasteiger partial charge in [0.25, 0.3) is 0 Å². The lowest BCUT2D eigenvalue weighted by molar-refractivity contribution is 1.22. The van der Waals surface area contributed by atoms with E-state index in [1.807, 2.05) is 25.2 Å². The van der Waals surface area contributed by atoms with Crippen LogP contribution < -0.4 is 0 Å². The number of hydrogen-bond acceptors (Lipinski definition) is 0. The second kappa shape index (κ2) is 11.0. The molecule has 0 nitrogen and oxygen atoms in total. The first-order chi connectivity index (χ1) is 13.9. The van der Waals surface area contributed by atoms with Gasteiger partial charge < -0.3 is 0 Å². The first-order valence-electron chi connectivity index (χ1n) is 10.1. The summed E-state index contributed by atoms with van der Waals surface area (Å²) in [5.74, 6) is 0. The van der Waals surface area contributed by atoms with Gasteiger partial charge in [-0.1, -0.05) is 104 Å². The fourth-order valence-corrected chi connectivity index (χ4v) is 3.27. The van der Waals surface area contributed by atoms with Gasteiger partial charge in [-0.3, -0.25) is 0 Å². The van der Waals surface area contributed by atoms with Gasteiger partial charge in [-0.05, 0) is 73.1 Å². The molecule has 0 aromatic heterocycles. The molecule has 29 heavy (non-hydrogen) atoms. The van der Waals surface area contributed by atoms with Crippen LogP contribution in [-0.4, -0.2) is 0 Å².